The maximum atomic E-state index is 4.98. The third kappa shape index (κ3) is 6.24. The second kappa shape index (κ2) is 10.5. The predicted octanol–water partition coefficient (Wildman–Crippen LogP) is 2.33. The molecule has 0 aliphatic carbocycles. The number of halogens is 1. The van der Waals surface area contributed by atoms with Crippen molar-refractivity contribution in [3.63, 3.8) is 0 Å². The summed E-state index contributed by atoms with van der Waals surface area (Å²) in [6, 6.07) is 11.0. The largest absolute Gasteiger partial charge is 0.352 e. The van der Waals surface area contributed by atoms with Gasteiger partial charge in [-0.1, -0.05) is 35.5 Å². The van der Waals surface area contributed by atoms with E-state index in [-0.39, 0.29) is 24.0 Å². The van der Waals surface area contributed by atoms with E-state index in [4.69, 9.17) is 4.52 Å². The van der Waals surface area contributed by atoms with Crippen LogP contribution in [0.3, 0.4) is 0 Å². The Labute approximate surface area is 171 Å². The molecule has 2 N–H and O–H groups in total. The fourth-order valence-corrected chi connectivity index (χ4v) is 3.12. The first-order valence-corrected chi connectivity index (χ1v) is 8.75. The van der Waals surface area contributed by atoms with E-state index in [2.05, 4.69) is 61.0 Å². The summed E-state index contributed by atoms with van der Waals surface area (Å²) < 4.78 is 4.98. The lowest BCUT2D eigenvalue weighted by atomic mass is 10.0. The van der Waals surface area contributed by atoms with Crippen LogP contribution in [0, 0.1) is 6.92 Å². The van der Waals surface area contributed by atoms with Crippen LogP contribution in [-0.2, 0) is 13.1 Å². The number of benzene rings is 1. The van der Waals surface area contributed by atoms with Gasteiger partial charge in [0, 0.05) is 33.1 Å². The lowest BCUT2D eigenvalue weighted by Crippen LogP contribution is -2.50. The van der Waals surface area contributed by atoms with Gasteiger partial charge in [-0.05, 0) is 24.9 Å². The number of guanidine groups is 1. The van der Waals surface area contributed by atoms with E-state index in [1.54, 1.807) is 14.0 Å². The monoisotopic (exact) mass is 470 g/mol. The van der Waals surface area contributed by atoms with Gasteiger partial charge < -0.3 is 15.2 Å². The number of aliphatic imine (C=N–C) groups is 1. The Bertz CT molecular complexity index is 690. The zero-order valence-corrected chi connectivity index (χ0v) is 17.6. The molecule has 2 heterocycles. The van der Waals surface area contributed by atoms with E-state index in [0.717, 1.165) is 32.0 Å². The van der Waals surface area contributed by atoms with Crippen LogP contribution in [0.1, 0.15) is 30.1 Å². The molecule has 3 rings (SSSR count). The molecule has 1 saturated heterocycles. The Kier molecular flexibility index (Phi) is 8.30. The molecule has 142 valence electrons. The number of nitrogens with one attached hydrogen (secondary N) is 2. The lowest BCUT2D eigenvalue weighted by Gasteiger charge is -2.33. The SMILES string of the molecule is CN=C(NCc1noc(C)n1)NC1CCCN(Cc2ccccc2)C1.I. The molecular weight excluding hydrogens is 443 g/mol. The van der Waals surface area contributed by atoms with E-state index in [1.165, 1.54) is 12.0 Å². The molecular formula is C18H27IN6O. The number of aromatic nitrogens is 2. The van der Waals surface area contributed by atoms with E-state index in [0.29, 0.717) is 24.3 Å². The molecule has 1 aliphatic rings. The summed E-state index contributed by atoms with van der Waals surface area (Å²) >= 11 is 0. The summed E-state index contributed by atoms with van der Waals surface area (Å²) in [4.78, 5) is 11.0. The standard InChI is InChI=1S/C18H26N6O.HI/c1-14-21-17(23-25-14)11-20-18(19-2)22-16-9-6-10-24(13-16)12-15-7-4-3-5-8-15;/h3-5,7-8,16H,6,9-13H2,1-2H3,(H2,19,20,22);1H. The van der Waals surface area contributed by atoms with Crippen LogP contribution in [0.5, 0.6) is 0 Å². The Balaban J connectivity index is 0.00000243. The summed E-state index contributed by atoms with van der Waals surface area (Å²) in [6.45, 7) is 5.43. The van der Waals surface area contributed by atoms with E-state index < -0.39 is 0 Å². The molecule has 0 spiro atoms. The Morgan fingerprint density at radius 1 is 1.35 bits per heavy atom. The molecule has 1 aromatic carbocycles. The summed E-state index contributed by atoms with van der Waals surface area (Å²) in [5.74, 6) is 1.98. The smallest absolute Gasteiger partial charge is 0.223 e. The van der Waals surface area contributed by atoms with Gasteiger partial charge in [0.15, 0.2) is 11.8 Å². The van der Waals surface area contributed by atoms with Gasteiger partial charge in [0.2, 0.25) is 5.89 Å². The molecule has 1 aromatic heterocycles. The van der Waals surface area contributed by atoms with Gasteiger partial charge in [-0.2, -0.15) is 4.98 Å². The van der Waals surface area contributed by atoms with Crippen molar-refractivity contribution in [2.75, 3.05) is 20.1 Å². The molecule has 7 nitrogen and oxygen atoms in total. The fourth-order valence-electron chi connectivity index (χ4n) is 3.12. The highest BCUT2D eigenvalue weighted by molar-refractivity contribution is 14.0. The lowest BCUT2D eigenvalue weighted by molar-refractivity contribution is 0.192. The molecule has 0 amide bonds. The first kappa shape index (κ1) is 20.6. The van der Waals surface area contributed by atoms with Gasteiger partial charge in [-0.3, -0.25) is 9.89 Å². The highest BCUT2D eigenvalue weighted by atomic mass is 127. The molecule has 8 heteroatoms. The van der Waals surface area contributed by atoms with Gasteiger partial charge in [-0.15, -0.1) is 24.0 Å². The van der Waals surface area contributed by atoms with Crippen molar-refractivity contribution >= 4 is 29.9 Å². The second-order valence-electron chi connectivity index (χ2n) is 6.36. The normalized spacial score (nSPS) is 18.2. The van der Waals surface area contributed by atoms with Crippen LogP contribution in [0.15, 0.2) is 39.8 Å². The number of hydrogen-bond donors (Lipinski definition) is 2. The van der Waals surface area contributed by atoms with Gasteiger partial charge in [0.25, 0.3) is 0 Å². The van der Waals surface area contributed by atoms with Gasteiger partial charge in [0.05, 0.1) is 6.54 Å². The van der Waals surface area contributed by atoms with Gasteiger partial charge in [0.1, 0.15) is 0 Å². The number of hydrogen-bond acceptors (Lipinski definition) is 5. The average Bonchev–Trinajstić information content (AvgIpc) is 3.05. The topological polar surface area (TPSA) is 78.6 Å². The molecule has 0 bridgehead atoms. The van der Waals surface area contributed by atoms with E-state index >= 15 is 0 Å². The van der Waals surface area contributed by atoms with Crippen molar-refractivity contribution in [1.82, 2.24) is 25.7 Å². The second-order valence-corrected chi connectivity index (χ2v) is 6.36. The fraction of sp³-hybridized carbons (Fsp3) is 0.500. The molecule has 1 fully saturated rings. The summed E-state index contributed by atoms with van der Waals surface area (Å²) in [6.07, 6.45) is 2.33. The maximum absolute atomic E-state index is 4.98. The van der Waals surface area contributed by atoms with Crippen LogP contribution >= 0.6 is 24.0 Å². The van der Waals surface area contributed by atoms with Crippen molar-refractivity contribution in [3.05, 3.63) is 47.6 Å². The van der Waals surface area contributed by atoms with E-state index in [9.17, 15) is 0 Å². The van der Waals surface area contributed by atoms with Crippen LogP contribution in [0.2, 0.25) is 0 Å². The Morgan fingerprint density at radius 3 is 2.85 bits per heavy atom. The molecule has 1 atom stereocenters. The molecule has 1 aliphatic heterocycles. The van der Waals surface area contributed by atoms with Crippen LogP contribution in [-0.4, -0.2) is 47.2 Å². The van der Waals surface area contributed by atoms with Gasteiger partial charge in [-0.25, -0.2) is 0 Å². The first-order chi connectivity index (χ1) is 12.2. The number of aryl methyl sites for hydroxylation is 1. The van der Waals surface area contributed by atoms with Crippen LogP contribution in [0.4, 0.5) is 0 Å². The zero-order chi connectivity index (χ0) is 17.5. The molecule has 1 unspecified atom stereocenters. The molecule has 0 radical (unpaired) electrons. The molecule has 0 saturated carbocycles. The number of piperidine rings is 1. The van der Waals surface area contributed by atoms with Crippen molar-refractivity contribution in [1.29, 1.82) is 0 Å². The zero-order valence-electron chi connectivity index (χ0n) is 15.3. The number of nitrogens with zero attached hydrogens (tertiary/aromatic N) is 4. The third-order valence-corrected chi connectivity index (χ3v) is 4.30. The highest BCUT2D eigenvalue weighted by Gasteiger charge is 2.20. The van der Waals surface area contributed by atoms with Crippen LogP contribution in [0.25, 0.3) is 0 Å². The minimum Gasteiger partial charge on any atom is -0.352 e. The minimum atomic E-state index is 0. The number of rotatable bonds is 5. The maximum Gasteiger partial charge on any atom is 0.223 e. The van der Waals surface area contributed by atoms with Gasteiger partial charge >= 0.3 is 0 Å². The third-order valence-electron chi connectivity index (χ3n) is 4.30. The Morgan fingerprint density at radius 2 is 2.15 bits per heavy atom. The first-order valence-electron chi connectivity index (χ1n) is 8.75. The average molecular weight is 470 g/mol. The van der Waals surface area contributed by atoms with Crippen molar-refractivity contribution in [3.8, 4) is 0 Å². The van der Waals surface area contributed by atoms with Crippen molar-refractivity contribution in [2.24, 2.45) is 4.99 Å². The summed E-state index contributed by atoms with van der Waals surface area (Å²) in [5, 5.41) is 10.6. The number of likely N-dealkylation sites (tertiary alicyclic amines) is 1. The van der Waals surface area contributed by atoms with Crippen molar-refractivity contribution in [2.45, 2.75) is 38.9 Å². The molecule has 2 aromatic rings. The summed E-state index contributed by atoms with van der Waals surface area (Å²) in [7, 11) is 1.78. The van der Waals surface area contributed by atoms with E-state index in [1.807, 2.05) is 0 Å². The quantitative estimate of drug-likeness (QED) is 0.397. The summed E-state index contributed by atoms with van der Waals surface area (Å²) in [5.41, 5.74) is 1.36. The Hall–Kier alpha value is -1.68. The van der Waals surface area contributed by atoms with Crippen LogP contribution < -0.4 is 10.6 Å². The molecule has 26 heavy (non-hydrogen) atoms. The highest BCUT2D eigenvalue weighted by Crippen LogP contribution is 2.13. The van der Waals surface area contributed by atoms with Crippen molar-refractivity contribution < 1.29 is 4.52 Å². The predicted molar refractivity (Wildman–Crippen MR) is 113 cm³/mol. The minimum absolute atomic E-state index is 0.